The Hall–Kier alpha value is -2.22. The van der Waals surface area contributed by atoms with E-state index >= 15 is 0 Å². The number of amides is 1. The molecule has 0 spiro atoms. The number of aromatic nitrogens is 2. The number of aryl methyl sites for hydroxylation is 2. The molecular formula is C17H21N3O4S. The zero-order valence-electron chi connectivity index (χ0n) is 14.5. The predicted octanol–water partition coefficient (Wildman–Crippen LogP) is 2.02. The van der Waals surface area contributed by atoms with Gasteiger partial charge in [0.15, 0.2) is 6.61 Å². The van der Waals surface area contributed by atoms with Crippen molar-refractivity contribution in [3.05, 3.63) is 26.6 Å². The molecule has 1 amide bonds. The lowest BCUT2D eigenvalue weighted by Crippen LogP contribution is -2.41. The number of nitrogens with zero attached hydrogens (tertiary/aromatic N) is 2. The monoisotopic (exact) mass is 363 g/mol. The molecular weight excluding hydrogens is 342 g/mol. The normalized spacial score (nSPS) is 17.7. The van der Waals surface area contributed by atoms with Crippen LogP contribution in [-0.2, 0) is 9.53 Å². The van der Waals surface area contributed by atoms with Gasteiger partial charge in [-0.1, -0.05) is 6.92 Å². The molecule has 1 aliphatic rings. The zero-order valence-corrected chi connectivity index (χ0v) is 15.4. The molecule has 8 heteroatoms. The number of likely N-dealkylation sites (tertiary alicyclic amines) is 1. The first-order chi connectivity index (χ1) is 11.9. The molecule has 7 nitrogen and oxygen atoms in total. The Balaban J connectivity index is 1.72. The summed E-state index contributed by atoms with van der Waals surface area (Å²) in [5.41, 5.74) is 0.270. The summed E-state index contributed by atoms with van der Waals surface area (Å²) < 4.78 is 5.20. The van der Waals surface area contributed by atoms with E-state index in [1.807, 2.05) is 0 Å². The Morgan fingerprint density at radius 1 is 1.40 bits per heavy atom. The number of hydrogen-bond donors (Lipinski definition) is 1. The Morgan fingerprint density at radius 2 is 2.16 bits per heavy atom. The number of nitrogens with one attached hydrogen (secondary N) is 1. The number of carbonyl (C=O) groups is 2. The van der Waals surface area contributed by atoms with Crippen molar-refractivity contribution >= 4 is 33.4 Å². The van der Waals surface area contributed by atoms with Gasteiger partial charge in [-0.05, 0) is 38.2 Å². The summed E-state index contributed by atoms with van der Waals surface area (Å²) in [6, 6.07) is 0. The van der Waals surface area contributed by atoms with E-state index in [1.54, 1.807) is 18.7 Å². The number of aromatic amines is 1. The molecule has 0 radical (unpaired) electrons. The van der Waals surface area contributed by atoms with E-state index in [0.717, 1.165) is 24.2 Å². The van der Waals surface area contributed by atoms with Crippen LogP contribution in [0.2, 0.25) is 0 Å². The lowest BCUT2D eigenvalue weighted by Gasteiger charge is -2.30. The average molecular weight is 363 g/mol. The largest absolute Gasteiger partial charge is 0.451 e. The van der Waals surface area contributed by atoms with Crippen LogP contribution >= 0.6 is 11.3 Å². The van der Waals surface area contributed by atoms with Gasteiger partial charge in [0, 0.05) is 13.1 Å². The smallest absolute Gasteiger partial charge is 0.349 e. The lowest BCUT2D eigenvalue weighted by molar-refractivity contribution is -0.136. The van der Waals surface area contributed by atoms with Crippen molar-refractivity contribution in [1.82, 2.24) is 14.9 Å². The van der Waals surface area contributed by atoms with E-state index in [9.17, 15) is 14.4 Å². The van der Waals surface area contributed by atoms with Gasteiger partial charge in [0.25, 0.3) is 11.5 Å². The highest BCUT2D eigenvalue weighted by Gasteiger charge is 2.24. The SMILES string of the molecule is Cc1nc2sc(C(=O)OCC(=O)N3CCC[C@H](C)C3)c(C)c2c(=O)[nH]1. The van der Waals surface area contributed by atoms with Gasteiger partial charge in [-0.3, -0.25) is 9.59 Å². The number of rotatable bonds is 3. The molecule has 0 bridgehead atoms. The highest BCUT2D eigenvalue weighted by atomic mass is 32.1. The van der Waals surface area contributed by atoms with Crippen LogP contribution < -0.4 is 5.56 Å². The van der Waals surface area contributed by atoms with Crippen molar-refractivity contribution in [2.45, 2.75) is 33.6 Å². The van der Waals surface area contributed by atoms with Gasteiger partial charge < -0.3 is 14.6 Å². The number of piperidine rings is 1. The van der Waals surface area contributed by atoms with Gasteiger partial charge in [-0.15, -0.1) is 11.3 Å². The molecule has 1 N–H and O–H groups in total. The minimum atomic E-state index is -0.587. The van der Waals surface area contributed by atoms with Crippen molar-refractivity contribution in [3.63, 3.8) is 0 Å². The van der Waals surface area contributed by atoms with Crippen molar-refractivity contribution < 1.29 is 14.3 Å². The summed E-state index contributed by atoms with van der Waals surface area (Å²) in [7, 11) is 0. The van der Waals surface area contributed by atoms with Crippen molar-refractivity contribution in [3.8, 4) is 0 Å². The van der Waals surface area contributed by atoms with Crippen LogP contribution in [0.3, 0.4) is 0 Å². The van der Waals surface area contributed by atoms with Crippen LogP contribution in [0.4, 0.5) is 0 Å². The molecule has 1 saturated heterocycles. The number of fused-ring (bicyclic) bond motifs is 1. The van der Waals surface area contributed by atoms with Crippen LogP contribution in [0.15, 0.2) is 4.79 Å². The van der Waals surface area contributed by atoms with Gasteiger partial charge in [0.05, 0.1) is 5.39 Å². The van der Waals surface area contributed by atoms with Crippen molar-refractivity contribution in [2.75, 3.05) is 19.7 Å². The lowest BCUT2D eigenvalue weighted by atomic mass is 10.0. The van der Waals surface area contributed by atoms with Crippen molar-refractivity contribution in [2.24, 2.45) is 5.92 Å². The van der Waals surface area contributed by atoms with E-state index in [2.05, 4.69) is 16.9 Å². The van der Waals surface area contributed by atoms with Crippen LogP contribution in [0, 0.1) is 19.8 Å². The molecule has 134 valence electrons. The van der Waals surface area contributed by atoms with Gasteiger partial charge in [0.2, 0.25) is 0 Å². The minimum Gasteiger partial charge on any atom is -0.451 e. The molecule has 0 aliphatic carbocycles. The van der Waals surface area contributed by atoms with Gasteiger partial charge in [-0.2, -0.15) is 0 Å². The Kier molecular flexibility index (Phi) is 4.89. The van der Waals surface area contributed by atoms with Crippen LogP contribution in [0.25, 0.3) is 10.2 Å². The molecule has 2 aromatic heterocycles. The average Bonchev–Trinajstić information content (AvgIpc) is 2.89. The maximum atomic E-state index is 12.4. The van der Waals surface area contributed by atoms with Crippen LogP contribution in [0.1, 0.15) is 40.8 Å². The first-order valence-corrected chi connectivity index (χ1v) is 9.13. The third-order valence-electron chi connectivity index (χ3n) is 4.44. The standard InChI is InChI=1S/C17H21N3O4S/c1-9-5-4-6-20(7-9)12(21)8-24-17(23)14-10(2)13-15(22)18-11(3)19-16(13)25-14/h9H,4-8H2,1-3H3,(H,18,19,22)/t9-/m0/s1. The van der Waals surface area contributed by atoms with Crippen molar-refractivity contribution in [1.29, 1.82) is 0 Å². The first-order valence-electron chi connectivity index (χ1n) is 8.31. The second-order valence-electron chi connectivity index (χ2n) is 6.55. The fraction of sp³-hybridized carbons (Fsp3) is 0.529. The summed E-state index contributed by atoms with van der Waals surface area (Å²) in [6.07, 6.45) is 2.09. The van der Waals surface area contributed by atoms with E-state index in [0.29, 0.717) is 45.5 Å². The van der Waals surface area contributed by atoms with Gasteiger partial charge in [-0.25, -0.2) is 9.78 Å². The highest BCUT2D eigenvalue weighted by molar-refractivity contribution is 7.20. The van der Waals surface area contributed by atoms with E-state index in [1.165, 1.54) is 0 Å². The molecule has 25 heavy (non-hydrogen) atoms. The number of carbonyl (C=O) groups excluding carboxylic acids is 2. The maximum Gasteiger partial charge on any atom is 0.349 e. The molecule has 1 fully saturated rings. The number of ether oxygens (including phenoxy) is 1. The first kappa shape index (κ1) is 17.6. The molecule has 0 unspecified atom stereocenters. The topological polar surface area (TPSA) is 92.4 Å². The van der Waals surface area contributed by atoms with E-state index in [4.69, 9.17) is 4.74 Å². The molecule has 2 aromatic rings. The molecule has 0 saturated carbocycles. The fourth-order valence-electron chi connectivity index (χ4n) is 3.15. The number of esters is 1. The summed E-state index contributed by atoms with van der Waals surface area (Å²) in [5, 5.41) is 0.402. The van der Waals surface area contributed by atoms with Crippen LogP contribution in [0.5, 0.6) is 0 Å². The second-order valence-corrected chi connectivity index (χ2v) is 7.55. The third kappa shape index (κ3) is 3.58. The number of thiophene rings is 1. The Bertz CT molecular complexity index is 886. The highest BCUT2D eigenvalue weighted by Crippen LogP contribution is 2.27. The van der Waals surface area contributed by atoms with Crippen LogP contribution in [-0.4, -0.2) is 46.4 Å². The zero-order chi connectivity index (χ0) is 18.1. The van der Waals surface area contributed by atoms with Gasteiger partial charge >= 0.3 is 5.97 Å². The molecule has 3 heterocycles. The van der Waals surface area contributed by atoms with E-state index < -0.39 is 5.97 Å². The molecule has 1 aliphatic heterocycles. The summed E-state index contributed by atoms with van der Waals surface area (Å²) >= 11 is 1.12. The summed E-state index contributed by atoms with van der Waals surface area (Å²) in [4.78, 5) is 46.1. The number of hydrogen-bond acceptors (Lipinski definition) is 6. The summed E-state index contributed by atoms with van der Waals surface area (Å²) in [5.74, 6) is 0.203. The molecule has 1 atom stereocenters. The number of H-pyrrole nitrogens is 1. The fourth-order valence-corrected chi connectivity index (χ4v) is 4.27. The third-order valence-corrected chi connectivity index (χ3v) is 5.61. The Morgan fingerprint density at radius 3 is 2.88 bits per heavy atom. The van der Waals surface area contributed by atoms with Gasteiger partial charge in [0.1, 0.15) is 15.5 Å². The molecule has 3 rings (SSSR count). The quantitative estimate of drug-likeness (QED) is 0.842. The predicted molar refractivity (Wildman–Crippen MR) is 95.0 cm³/mol. The summed E-state index contributed by atoms with van der Waals surface area (Å²) in [6.45, 7) is 6.63. The second kappa shape index (κ2) is 6.95. The minimum absolute atomic E-state index is 0.175. The van der Waals surface area contributed by atoms with E-state index in [-0.39, 0.29) is 18.1 Å². The molecule has 0 aromatic carbocycles. The Labute approximate surface area is 149 Å². The maximum absolute atomic E-state index is 12.4.